The molecule has 0 aliphatic heterocycles. The van der Waals surface area contributed by atoms with Gasteiger partial charge in [0.15, 0.2) is 0 Å². The highest BCUT2D eigenvalue weighted by Crippen LogP contribution is 2.41. The highest BCUT2D eigenvalue weighted by Gasteiger charge is 2.35. The summed E-state index contributed by atoms with van der Waals surface area (Å²) >= 11 is 5.97. The zero-order chi connectivity index (χ0) is 16.6. The lowest BCUT2D eigenvalue weighted by molar-refractivity contribution is -0.123. The maximum absolute atomic E-state index is 12.7. The zero-order valence-electron chi connectivity index (χ0n) is 13.6. The second-order valence-electron chi connectivity index (χ2n) is 6.33. The van der Waals surface area contributed by atoms with E-state index in [9.17, 15) is 4.79 Å². The van der Waals surface area contributed by atoms with Crippen LogP contribution in [0.3, 0.4) is 0 Å². The number of aromatic nitrogens is 1. The SMILES string of the molecule is Cc1noc(C)c1C(C)C(=O)NC(c1ccc(Cl)cc1)C1CC1. The normalized spacial score (nSPS) is 16.9. The minimum Gasteiger partial charge on any atom is -0.361 e. The molecule has 1 amide bonds. The molecule has 23 heavy (non-hydrogen) atoms. The van der Waals surface area contributed by atoms with E-state index in [0.717, 1.165) is 29.7 Å². The molecule has 1 fully saturated rings. The third kappa shape index (κ3) is 3.42. The van der Waals surface area contributed by atoms with Gasteiger partial charge in [-0.15, -0.1) is 0 Å². The second-order valence-corrected chi connectivity index (χ2v) is 6.77. The number of rotatable bonds is 5. The van der Waals surface area contributed by atoms with Crippen LogP contribution in [0.1, 0.15) is 54.3 Å². The van der Waals surface area contributed by atoms with Gasteiger partial charge in [0.25, 0.3) is 0 Å². The van der Waals surface area contributed by atoms with Gasteiger partial charge in [0.05, 0.1) is 17.7 Å². The molecule has 2 atom stereocenters. The maximum atomic E-state index is 12.7. The van der Waals surface area contributed by atoms with E-state index in [1.807, 2.05) is 45.0 Å². The van der Waals surface area contributed by atoms with E-state index < -0.39 is 0 Å². The Labute approximate surface area is 141 Å². The Morgan fingerprint density at radius 1 is 1.30 bits per heavy atom. The van der Waals surface area contributed by atoms with Crippen molar-refractivity contribution in [3.05, 3.63) is 51.9 Å². The summed E-state index contributed by atoms with van der Waals surface area (Å²) in [5.41, 5.74) is 2.77. The summed E-state index contributed by atoms with van der Waals surface area (Å²) in [4.78, 5) is 12.7. The van der Waals surface area contributed by atoms with Gasteiger partial charge in [-0.3, -0.25) is 4.79 Å². The Morgan fingerprint density at radius 3 is 2.48 bits per heavy atom. The molecular weight excluding hydrogens is 312 g/mol. The summed E-state index contributed by atoms with van der Waals surface area (Å²) in [6.07, 6.45) is 2.29. The molecule has 2 unspecified atom stereocenters. The number of nitrogens with one attached hydrogen (secondary N) is 1. The van der Waals surface area contributed by atoms with Gasteiger partial charge < -0.3 is 9.84 Å². The molecule has 0 saturated heterocycles. The summed E-state index contributed by atoms with van der Waals surface area (Å²) in [5, 5.41) is 7.86. The Balaban J connectivity index is 1.78. The molecule has 0 bridgehead atoms. The van der Waals surface area contributed by atoms with Crippen LogP contribution in [0.4, 0.5) is 0 Å². The van der Waals surface area contributed by atoms with Gasteiger partial charge >= 0.3 is 0 Å². The van der Waals surface area contributed by atoms with E-state index in [1.165, 1.54) is 0 Å². The van der Waals surface area contributed by atoms with Crippen LogP contribution in [0.15, 0.2) is 28.8 Å². The third-order valence-corrected chi connectivity index (χ3v) is 4.79. The van der Waals surface area contributed by atoms with Crippen LogP contribution in [0.2, 0.25) is 5.02 Å². The molecule has 5 heteroatoms. The quantitative estimate of drug-likeness (QED) is 0.887. The van der Waals surface area contributed by atoms with E-state index in [1.54, 1.807) is 0 Å². The van der Waals surface area contributed by atoms with Gasteiger partial charge in [0.2, 0.25) is 5.91 Å². The van der Waals surface area contributed by atoms with Gasteiger partial charge in [0, 0.05) is 10.6 Å². The minimum atomic E-state index is -0.283. The topological polar surface area (TPSA) is 55.1 Å². The monoisotopic (exact) mass is 332 g/mol. The van der Waals surface area contributed by atoms with Crippen LogP contribution < -0.4 is 5.32 Å². The number of amides is 1. The van der Waals surface area contributed by atoms with Crippen molar-refractivity contribution < 1.29 is 9.32 Å². The first-order valence-corrected chi connectivity index (χ1v) is 8.33. The first-order chi connectivity index (χ1) is 11.0. The lowest BCUT2D eigenvalue weighted by Crippen LogP contribution is -2.33. The van der Waals surface area contributed by atoms with Gasteiger partial charge in [-0.2, -0.15) is 0 Å². The summed E-state index contributed by atoms with van der Waals surface area (Å²) in [5.74, 6) is 0.942. The molecule has 1 heterocycles. The molecule has 0 radical (unpaired) electrons. The molecule has 4 nitrogen and oxygen atoms in total. The highest BCUT2D eigenvalue weighted by atomic mass is 35.5. The van der Waals surface area contributed by atoms with Crippen molar-refractivity contribution in [2.75, 3.05) is 0 Å². The van der Waals surface area contributed by atoms with Gasteiger partial charge in [-0.05, 0) is 57.2 Å². The molecule has 1 N–H and O–H groups in total. The Morgan fingerprint density at radius 2 is 1.96 bits per heavy atom. The molecule has 1 aliphatic rings. The van der Waals surface area contributed by atoms with Crippen LogP contribution in [0, 0.1) is 19.8 Å². The minimum absolute atomic E-state index is 0.00579. The Kier molecular flexibility index (Phi) is 4.44. The zero-order valence-corrected chi connectivity index (χ0v) is 14.4. The van der Waals surface area contributed by atoms with Crippen LogP contribution >= 0.6 is 11.6 Å². The molecule has 122 valence electrons. The maximum Gasteiger partial charge on any atom is 0.227 e. The number of benzene rings is 1. The van der Waals surface area contributed by atoms with Crippen molar-refractivity contribution in [3.8, 4) is 0 Å². The molecule has 3 rings (SSSR count). The van der Waals surface area contributed by atoms with Crippen molar-refractivity contribution in [1.82, 2.24) is 10.5 Å². The average molecular weight is 333 g/mol. The van der Waals surface area contributed by atoms with Crippen molar-refractivity contribution >= 4 is 17.5 Å². The van der Waals surface area contributed by atoms with Crippen LogP contribution in [0.5, 0.6) is 0 Å². The van der Waals surface area contributed by atoms with E-state index in [-0.39, 0.29) is 17.9 Å². The Bertz CT molecular complexity index is 685. The fourth-order valence-electron chi connectivity index (χ4n) is 3.09. The van der Waals surface area contributed by atoms with Crippen LogP contribution in [0.25, 0.3) is 0 Å². The molecule has 0 spiro atoms. The smallest absolute Gasteiger partial charge is 0.227 e. The number of aryl methyl sites for hydroxylation is 2. The lowest BCUT2D eigenvalue weighted by Gasteiger charge is -2.21. The van der Waals surface area contributed by atoms with Crippen molar-refractivity contribution in [3.63, 3.8) is 0 Å². The van der Waals surface area contributed by atoms with Crippen LogP contribution in [-0.4, -0.2) is 11.1 Å². The van der Waals surface area contributed by atoms with Gasteiger partial charge in [0.1, 0.15) is 5.76 Å². The van der Waals surface area contributed by atoms with E-state index in [0.29, 0.717) is 16.7 Å². The van der Waals surface area contributed by atoms with E-state index in [4.69, 9.17) is 16.1 Å². The van der Waals surface area contributed by atoms with E-state index in [2.05, 4.69) is 10.5 Å². The van der Waals surface area contributed by atoms with Gasteiger partial charge in [-0.25, -0.2) is 0 Å². The second kappa shape index (κ2) is 6.36. The fraction of sp³-hybridized carbons (Fsp3) is 0.444. The predicted molar refractivity (Wildman–Crippen MR) is 89.5 cm³/mol. The summed E-state index contributed by atoms with van der Waals surface area (Å²) in [7, 11) is 0. The number of carbonyl (C=O) groups excluding carboxylic acids is 1. The number of carbonyl (C=O) groups is 1. The predicted octanol–water partition coefficient (Wildman–Crippen LogP) is 4.32. The fourth-order valence-corrected chi connectivity index (χ4v) is 3.22. The van der Waals surface area contributed by atoms with Crippen molar-refractivity contribution in [2.24, 2.45) is 5.92 Å². The lowest BCUT2D eigenvalue weighted by atomic mass is 9.96. The molecule has 1 aromatic heterocycles. The van der Waals surface area contributed by atoms with Gasteiger partial charge in [-0.1, -0.05) is 28.9 Å². The summed E-state index contributed by atoms with van der Waals surface area (Å²) in [6.45, 7) is 5.61. The Hall–Kier alpha value is -1.81. The van der Waals surface area contributed by atoms with Crippen molar-refractivity contribution in [1.29, 1.82) is 0 Å². The van der Waals surface area contributed by atoms with Crippen LogP contribution in [-0.2, 0) is 4.79 Å². The molecule has 1 aromatic carbocycles. The van der Waals surface area contributed by atoms with Crippen molar-refractivity contribution in [2.45, 2.75) is 45.6 Å². The number of nitrogens with zero attached hydrogens (tertiary/aromatic N) is 1. The summed E-state index contributed by atoms with van der Waals surface area (Å²) < 4.78 is 5.18. The average Bonchev–Trinajstić information content (AvgIpc) is 3.31. The number of halogens is 1. The third-order valence-electron chi connectivity index (χ3n) is 4.54. The first kappa shape index (κ1) is 16.1. The summed E-state index contributed by atoms with van der Waals surface area (Å²) in [6, 6.07) is 7.77. The molecular formula is C18H21ClN2O2. The number of hydrogen-bond donors (Lipinski definition) is 1. The molecule has 1 aliphatic carbocycles. The largest absolute Gasteiger partial charge is 0.361 e. The highest BCUT2D eigenvalue weighted by molar-refractivity contribution is 6.30. The standard InChI is InChI=1S/C18H21ClN2O2/c1-10(16-11(2)21-23-12(16)3)18(22)20-17(13-4-5-13)14-6-8-15(19)9-7-14/h6-10,13,17H,4-5H2,1-3H3,(H,20,22). The van der Waals surface area contributed by atoms with E-state index >= 15 is 0 Å². The number of hydrogen-bond acceptors (Lipinski definition) is 3. The molecule has 2 aromatic rings. The first-order valence-electron chi connectivity index (χ1n) is 7.96. The molecule has 1 saturated carbocycles.